The standard InChI is InChI=1S/C28H25O2P/c1-22(23-14-6-2-7-15-23)28(27(29)24-16-8-3-9-17-24)31(30,25-18-10-4-11-19-25)26-20-12-5-13-21-26/h2-22,28H,1H3/t22-,28-/m1/s1. The molecule has 0 unspecified atom stereocenters. The molecular weight excluding hydrogens is 399 g/mol. The second-order valence-electron chi connectivity index (χ2n) is 7.70. The van der Waals surface area contributed by atoms with Gasteiger partial charge in [0.2, 0.25) is 0 Å². The lowest BCUT2D eigenvalue weighted by Gasteiger charge is -2.32. The quantitative estimate of drug-likeness (QED) is 0.267. The summed E-state index contributed by atoms with van der Waals surface area (Å²) >= 11 is 0. The summed E-state index contributed by atoms with van der Waals surface area (Å²) in [7, 11) is -3.33. The van der Waals surface area contributed by atoms with Crippen molar-refractivity contribution in [3.05, 3.63) is 132 Å². The summed E-state index contributed by atoms with van der Waals surface area (Å²) in [6.07, 6.45) is 0. The van der Waals surface area contributed by atoms with Crippen LogP contribution in [0.2, 0.25) is 0 Å². The maximum atomic E-state index is 15.1. The van der Waals surface area contributed by atoms with Crippen LogP contribution in [-0.4, -0.2) is 11.4 Å². The van der Waals surface area contributed by atoms with Crippen molar-refractivity contribution in [2.75, 3.05) is 0 Å². The molecule has 0 radical (unpaired) electrons. The maximum Gasteiger partial charge on any atom is 0.174 e. The lowest BCUT2D eigenvalue weighted by Crippen LogP contribution is -2.35. The SMILES string of the molecule is C[C@H](c1ccccc1)[C@H](C(=O)c1ccccc1)P(=O)(c1ccccc1)c1ccccc1. The summed E-state index contributed by atoms with van der Waals surface area (Å²) < 4.78 is 15.1. The molecule has 4 aromatic rings. The molecule has 0 fully saturated rings. The van der Waals surface area contributed by atoms with E-state index in [1.807, 2.05) is 128 Å². The molecule has 0 N–H and O–H groups in total. The fraction of sp³-hybridized carbons (Fsp3) is 0.107. The van der Waals surface area contributed by atoms with Gasteiger partial charge in [-0.25, -0.2) is 0 Å². The Hall–Kier alpha value is -3.22. The fourth-order valence-corrected chi connectivity index (χ4v) is 7.64. The molecule has 0 heterocycles. The van der Waals surface area contributed by atoms with Gasteiger partial charge in [0.1, 0.15) is 0 Å². The highest BCUT2D eigenvalue weighted by Crippen LogP contribution is 2.54. The van der Waals surface area contributed by atoms with Crippen LogP contribution in [0.4, 0.5) is 0 Å². The van der Waals surface area contributed by atoms with E-state index in [4.69, 9.17) is 0 Å². The highest BCUT2D eigenvalue weighted by Gasteiger charge is 2.45. The van der Waals surface area contributed by atoms with Gasteiger partial charge in [-0.1, -0.05) is 128 Å². The summed E-state index contributed by atoms with van der Waals surface area (Å²) in [4.78, 5) is 14.0. The van der Waals surface area contributed by atoms with Gasteiger partial charge in [0.15, 0.2) is 12.9 Å². The van der Waals surface area contributed by atoms with E-state index in [2.05, 4.69) is 0 Å². The van der Waals surface area contributed by atoms with Crippen molar-refractivity contribution in [3.8, 4) is 0 Å². The largest absolute Gasteiger partial charge is 0.313 e. The van der Waals surface area contributed by atoms with E-state index in [-0.39, 0.29) is 11.7 Å². The van der Waals surface area contributed by atoms with Crippen molar-refractivity contribution in [2.45, 2.75) is 18.5 Å². The number of carbonyl (C=O) groups is 1. The highest BCUT2D eigenvalue weighted by molar-refractivity contribution is 7.80. The van der Waals surface area contributed by atoms with E-state index in [9.17, 15) is 4.79 Å². The summed E-state index contributed by atoms with van der Waals surface area (Å²) in [5.41, 5.74) is 0.869. The molecule has 2 nitrogen and oxygen atoms in total. The van der Waals surface area contributed by atoms with E-state index < -0.39 is 12.8 Å². The Balaban J connectivity index is 1.97. The van der Waals surface area contributed by atoms with Gasteiger partial charge in [0.25, 0.3) is 0 Å². The third-order valence-corrected chi connectivity index (χ3v) is 9.39. The summed E-state index contributed by atoms with van der Waals surface area (Å²) in [5.74, 6) is -0.326. The molecule has 0 bridgehead atoms. The van der Waals surface area contributed by atoms with Gasteiger partial charge in [-0.05, 0) is 11.5 Å². The predicted molar refractivity (Wildman–Crippen MR) is 129 cm³/mol. The maximum absolute atomic E-state index is 15.1. The van der Waals surface area contributed by atoms with E-state index in [1.54, 1.807) is 0 Å². The van der Waals surface area contributed by atoms with Crippen molar-refractivity contribution in [2.24, 2.45) is 0 Å². The van der Waals surface area contributed by atoms with Crippen LogP contribution in [0, 0.1) is 0 Å². The molecule has 2 atom stereocenters. The van der Waals surface area contributed by atoms with Crippen LogP contribution < -0.4 is 10.6 Å². The number of hydrogen-bond donors (Lipinski definition) is 0. The Morgan fingerprint density at radius 2 is 1.00 bits per heavy atom. The minimum Gasteiger partial charge on any atom is -0.313 e. The van der Waals surface area contributed by atoms with Crippen LogP contribution in [-0.2, 0) is 4.57 Å². The number of rotatable bonds is 7. The molecule has 0 aliphatic carbocycles. The van der Waals surface area contributed by atoms with E-state index in [0.29, 0.717) is 16.2 Å². The van der Waals surface area contributed by atoms with Crippen molar-refractivity contribution in [1.82, 2.24) is 0 Å². The minimum absolute atomic E-state index is 0.0898. The average Bonchev–Trinajstić information content (AvgIpc) is 2.86. The number of hydrogen-bond acceptors (Lipinski definition) is 2. The fourth-order valence-electron chi connectivity index (χ4n) is 4.19. The minimum atomic E-state index is -3.33. The summed E-state index contributed by atoms with van der Waals surface area (Å²) in [5, 5.41) is 1.41. The molecule has 31 heavy (non-hydrogen) atoms. The van der Waals surface area contributed by atoms with Crippen LogP contribution in [0.3, 0.4) is 0 Å². The van der Waals surface area contributed by atoms with Crippen molar-refractivity contribution in [1.29, 1.82) is 0 Å². The van der Waals surface area contributed by atoms with Gasteiger partial charge in [-0.2, -0.15) is 0 Å². The van der Waals surface area contributed by atoms with Crippen molar-refractivity contribution < 1.29 is 9.36 Å². The summed E-state index contributed by atoms with van der Waals surface area (Å²) in [6, 6.07) is 38.1. The van der Waals surface area contributed by atoms with Crippen LogP contribution in [0.1, 0.15) is 28.8 Å². The van der Waals surface area contributed by atoms with Crippen LogP contribution in [0.5, 0.6) is 0 Å². The Morgan fingerprint density at radius 1 is 0.613 bits per heavy atom. The molecule has 0 spiro atoms. The van der Waals surface area contributed by atoms with E-state index in [0.717, 1.165) is 5.56 Å². The molecule has 3 heteroatoms. The zero-order valence-corrected chi connectivity index (χ0v) is 18.4. The molecular formula is C28H25O2P. The zero-order chi connectivity index (χ0) is 21.7. The van der Waals surface area contributed by atoms with Crippen molar-refractivity contribution in [3.63, 3.8) is 0 Å². The first kappa shape index (κ1) is 21.0. The van der Waals surface area contributed by atoms with Crippen molar-refractivity contribution >= 4 is 23.5 Å². The number of ketones is 1. The average molecular weight is 424 g/mol. The van der Waals surface area contributed by atoms with Gasteiger partial charge in [0, 0.05) is 16.2 Å². The van der Waals surface area contributed by atoms with Crippen LogP contribution in [0.15, 0.2) is 121 Å². The van der Waals surface area contributed by atoms with Gasteiger partial charge in [-0.15, -0.1) is 0 Å². The zero-order valence-electron chi connectivity index (χ0n) is 17.5. The Bertz CT molecular complexity index is 1130. The van der Waals surface area contributed by atoms with Gasteiger partial charge >= 0.3 is 0 Å². The number of Topliss-reactive ketones (excluding diaryl/α,β-unsaturated/α-hetero) is 1. The lowest BCUT2D eigenvalue weighted by atomic mass is 9.92. The first-order valence-electron chi connectivity index (χ1n) is 10.5. The molecule has 0 amide bonds. The molecule has 0 aliphatic rings. The Labute approximate surface area is 184 Å². The van der Waals surface area contributed by atoms with Gasteiger partial charge in [0.05, 0.1) is 5.66 Å². The van der Waals surface area contributed by atoms with E-state index in [1.165, 1.54) is 0 Å². The van der Waals surface area contributed by atoms with E-state index >= 15 is 4.57 Å². The lowest BCUT2D eigenvalue weighted by molar-refractivity contribution is 0.0979. The third kappa shape index (κ3) is 4.17. The molecule has 4 aromatic carbocycles. The Kier molecular flexibility index (Phi) is 6.30. The Morgan fingerprint density at radius 3 is 1.45 bits per heavy atom. The monoisotopic (exact) mass is 424 g/mol. The predicted octanol–water partition coefficient (Wildman–Crippen LogP) is 6.06. The highest BCUT2D eigenvalue weighted by atomic mass is 31.2. The molecule has 154 valence electrons. The van der Waals surface area contributed by atoms with Gasteiger partial charge in [-0.3, -0.25) is 4.79 Å². The first-order chi connectivity index (χ1) is 15.1. The first-order valence-corrected chi connectivity index (χ1v) is 12.2. The normalized spacial score (nSPS) is 13.3. The molecule has 4 rings (SSSR count). The molecule has 0 aromatic heterocycles. The molecule has 0 saturated heterocycles. The van der Waals surface area contributed by atoms with Crippen LogP contribution >= 0.6 is 7.14 Å². The van der Waals surface area contributed by atoms with Gasteiger partial charge < -0.3 is 4.57 Å². The number of benzene rings is 4. The number of carbonyl (C=O) groups excluding carboxylic acids is 1. The third-order valence-electron chi connectivity index (χ3n) is 5.80. The molecule has 0 saturated carbocycles. The smallest absolute Gasteiger partial charge is 0.174 e. The second kappa shape index (κ2) is 9.29. The summed E-state index contributed by atoms with van der Waals surface area (Å²) in [6.45, 7) is 2.01. The second-order valence-corrected chi connectivity index (χ2v) is 10.6. The van der Waals surface area contributed by atoms with Crippen LogP contribution in [0.25, 0.3) is 0 Å². The topological polar surface area (TPSA) is 34.1 Å². The molecule has 0 aliphatic heterocycles.